The molecule has 0 saturated carbocycles. The Labute approximate surface area is 106 Å². The summed E-state index contributed by atoms with van der Waals surface area (Å²) in [4.78, 5) is 26.7. The van der Waals surface area contributed by atoms with Crippen molar-refractivity contribution in [3.63, 3.8) is 0 Å². The first-order chi connectivity index (χ1) is 8.42. The van der Waals surface area contributed by atoms with E-state index in [1.54, 1.807) is 45.3 Å². The number of likely N-dealkylation sites (N-methyl/N-ethyl adjacent to an activating group) is 2. The highest BCUT2D eigenvalue weighted by Crippen LogP contribution is 2.35. The third-order valence-electron chi connectivity index (χ3n) is 3.62. The lowest BCUT2D eigenvalue weighted by Gasteiger charge is -2.29. The maximum atomic E-state index is 12.2. The zero-order valence-electron chi connectivity index (χ0n) is 10.9. The molecule has 0 radical (unpaired) electrons. The standard InChI is InChI=1S/C13H16N2O3/c1-13(9-5-7-10(18-4)8-6-9)11(16)14(2)12(17)15(13)3/h5-8H,1-4H3. The summed E-state index contributed by atoms with van der Waals surface area (Å²) in [6.07, 6.45) is 0. The molecule has 1 aromatic carbocycles. The van der Waals surface area contributed by atoms with Crippen molar-refractivity contribution in [3.05, 3.63) is 29.8 Å². The minimum atomic E-state index is -0.946. The number of hydrogen-bond acceptors (Lipinski definition) is 3. The highest BCUT2D eigenvalue weighted by molar-refractivity contribution is 6.06. The lowest BCUT2D eigenvalue weighted by molar-refractivity contribution is -0.131. The van der Waals surface area contributed by atoms with Gasteiger partial charge >= 0.3 is 6.03 Å². The Balaban J connectivity index is 2.47. The van der Waals surface area contributed by atoms with E-state index in [-0.39, 0.29) is 11.9 Å². The van der Waals surface area contributed by atoms with E-state index in [0.29, 0.717) is 0 Å². The quantitative estimate of drug-likeness (QED) is 0.744. The Bertz CT molecular complexity index is 497. The van der Waals surface area contributed by atoms with Crippen molar-refractivity contribution in [1.82, 2.24) is 9.80 Å². The SMILES string of the molecule is COc1ccc(C2(C)C(=O)N(C)C(=O)N2C)cc1. The minimum Gasteiger partial charge on any atom is -0.497 e. The summed E-state index contributed by atoms with van der Waals surface area (Å²) < 4.78 is 5.08. The summed E-state index contributed by atoms with van der Waals surface area (Å²) in [6, 6.07) is 6.88. The second-order valence-corrected chi connectivity index (χ2v) is 4.51. The van der Waals surface area contributed by atoms with Crippen molar-refractivity contribution in [2.75, 3.05) is 21.2 Å². The van der Waals surface area contributed by atoms with Gasteiger partial charge in [0.05, 0.1) is 7.11 Å². The van der Waals surface area contributed by atoms with E-state index < -0.39 is 5.54 Å². The van der Waals surface area contributed by atoms with Crippen molar-refractivity contribution >= 4 is 11.9 Å². The topological polar surface area (TPSA) is 49.9 Å². The van der Waals surface area contributed by atoms with Crippen LogP contribution in [0.4, 0.5) is 4.79 Å². The molecule has 1 aliphatic rings. The molecule has 2 rings (SSSR count). The maximum Gasteiger partial charge on any atom is 0.327 e. The molecule has 5 nitrogen and oxygen atoms in total. The number of hydrogen-bond donors (Lipinski definition) is 0. The molecule has 5 heteroatoms. The van der Waals surface area contributed by atoms with Gasteiger partial charge in [-0.05, 0) is 24.6 Å². The van der Waals surface area contributed by atoms with Crippen LogP contribution < -0.4 is 4.74 Å². The van der Waals surface area contributed by atoms with E-state index >= 15 is 0 Å². The lowest BCUT2D eigenvalue weighted by Crippen LogP contribution is -2.41. The van der Waals surface area contributed by atoms with Gasteiger partial charge in [-0.15, -0.1) is 0 Å². The largest absolute Gasteiger partial charge is 0.497 e. The van der Waals surface area contributed by atoms with Crippen LogP contribution in [-0.4, -0.2) is 42.9 Å². The zero-order chi connectivity index (χ0) is 13.5. The van der Waals surface area contributed by atoms with Crippen molar-refractivity contribution in [2.24, 2.45) is 0 Å². The fraction of sp³-hybridized carbons (Fsp3) is 0.385. The molecule has 0 N–H and O–H groups in total. The van der Waals surface area contributed by atoms with Gasteiger partial charge in [0.15, 0.2) is 0 Å². The van der Waals surface area contributed by atoms with Crippen LogP contribution >= 0.6 is 0 Å². The van der Waals surface area contributed by atoms with Gasteiger partial charge < -0.3 is 9.64 Å². The number of amides is 3. The molecular formula is C13H16N2O3. The molecule has 0 spiro atoms. The molecule has 96 valence electrons. The summed E-state index contributed by atoms with van der Waals surface area (Å²) in [5.41, 5.74) is -0.175. The number of urea groups is 1. The van der Waals surface area contributed by atoms with Crippen LogP contribution in [0.3, 0.4) is 0 Å². The Kier molecular flexibility index (Phi) is 2.77. The van der Waals surface area contributed by atoms with Crippen LogP contribution in [0.25, 0.3) is 0 Å². The van der Waals surface area contributed by atoms with Crippen molar-refractivity contribution < 1.29 is 14.3 Å². The monoisotopic (exact) mass is 248 g/mol. The van der Waals surface area contributed by atoms with Gasteiger partial charge in [-0.3, -0.25) is 9.69 Å². The number of carbonyl (C=O) groups is 2. The minimum absolute atomic E-state index is 0.222. The highest BCUT2D eigenvalue weighted by Gasteiger charge is 2.52. The normalized spacial score (nSPS) is 23.8. The van der Waals surface area contributed by atoms with Crippen molar-refractivity contribution in [2.45, 2.75) is 12.5 Å². The van der Waals surface area contributed by atoms with Crippen molar-refractivity contribution in [1.29, 1.82) is 0 Å². The van der Waals surface area contributed by atoms with Crippen LogP contribution in [0.2, 0.25) is 0 Å². The summed E-state index contributed by atoms with van der Waals surface area (Å²) >= 11 is 0. The molecule has 1 saturated heterocycles. The number of rotatable bonds is 2. The summed E-state index contributed by atoms with van der Waals surface area (Å²) in [5.74, 6) is 0.496. The van der Waals surface area contributed by atoms with E-state index in [9.17, 15) is 9.59 Å². The lowest BCUT2D eigenvalue weighted by atomic mass is 9.91. The molecule has 3 amide bonds. The molecule has 1 fully saturated rings. The predicted octanol–water partition coefficient (Wildman–Crippen LogP) is 1.43. The summed E-state index contributed by atoms with van der Waals surface area (Å²) in [5, 5.41) is 0. The van der Waals surface area contributed by atoms with Crippen LogP contribution in [0.15, 0.2) is 24.3 Å². The second-order valence-electron chi connectivity index (χ2n) is 4.51. The van der Waals surface area contributed by atoms with Crippen LogP contribution in [0.1, 0.15) is 12.5 Å². The van der Waals surface area contributed by atoms with Gasteiger partial charge in [0.2, 0.25) is 0 Å². The van der Waals surface area contributed by atoms with Gasteiger partial charge in [-0.2, -0.15) is 0 Å². The number of ether oxygens (including phenoxy) is 1. The van der Waals surface area contributed by atoms with E-state index in [0.717, 1.165) is 16.2 Å². The van der Waals surface area contributed by atoms with Crippen LogP contribution in [0.5, 0.6) is 5.75 Å². The van der Waals surface area contributed by atoms with Gasteiger partial charge in [0.1, 0.15) is 11.3 Å². The van der Waals surface area contributed by atoms with E-state index in [1.807, 2.05) is 0 Å². The second kappa shape index (κ2) is 4.01. The van der Waals surface area contributed by atoms with Gasteiger partial charge in [0.25, 0.3) is 5.91 Å². The molecule has 0 aliphatic carbocycles. The first kappa shape index (κ1) is 12.4. The van der Waals surface area contributed by atoms with Crippen LogP contribution in [0, 0.1) is 0 Å². The summed E-state index contributed by atoms with van der Waals surface area (Å²) in [7, 11) is 4.71. The first-order valence-electron chi connectivity index (χ1n) is 5.63. The highest BCUT2D eigenvalue weighted by atomic mass is 16.5. The third-order valence-corrected chi connectivity index (χ3v) is 3.62. The first-order valence-corrected chi connectivity index (χ1v) is 5.63. The zero-order valence-corrected chi connectivity index (χ0v) is 10.9. The van der Waals surface area contributed by atoms with Gasteiger partial charge in [-0.25, -0.2) is 4.79 Å². The average Bonchev–Trinajstić information content (AvgIpc) is 2.55. The molecule has 18 heavy (non-hydrogen) atoms. The van der Waals surface area contributed by atoms with Gasteiger partial charge in [0, 0.05) is 14.1 Å². The number of carbonyl (C=O) groups excluding carboxylic acids is 2. The number of nitrogens with zero attached hydrogens (tertiary/aromatic N) is 2. The van der Waals surface area contributed by atoms with E-state index in [4.69, 9.17) is 4.74 Å². The third kappa shape index (κ3) is 1.47. The fourth-order valence-electron chi connectivity index (χ4n) is 2.21. The fourth-order valence-corrected chi connectivity index (χ4v) is 2.21. The Hall–Kier alpha value is -2.04. The molecule has 1 aliphatic heterocycles. The Morgan fingerprint density at radius 2 is 1.67 bits per heavy atom. The maximum absolute atomic E-state index is 12.2. The van der Waals surface area contributed by atoms with E-state index in [2.05, 4.69) is 0 Å². The van der Waals surface area contributed by atoms with E-state index in [1.165, 1.54) is 11.9 Å². The number of methoxy groups -OCH3 is 1. The Morgan fingerprint density at radius 1 is 1.11 bits per heavy atom. The summed E-state index contributed by atoms with van der Waals surface area (Å²) in [6.45, 7) is 1.75. The van der Waals surface area contributed by atoms with Gasteiger partial charge in [-0.1, -0.05) is 12.1 Å². The molecule has 1 atom stereocenters. The predicted molar refractivity (Wildman–Crippen MR) is 66.3 cm³/mol. The average molecular weight is 248 g/mol. The van der Waals surface area contributed by atoms with Crippen LogP contribution in [-0.2, 0) is 10.3 Å². The molecule has 0 aromatic heterocycles. The Morgan fingerprint density at radius 3 is 2.06 bits per heavy atom. The molecule has 1 heterocycles. The molecule has 1 unspecified atom stereocenters. The molecule has 0 bridgehead atoms. The molecular weight excluding hydrogens is 232 g/mol. The number of benzene rings is 1. The van der Waals surface area contributed by atoms with Crippen molar-refractivity contribution in [3.8, 4) is 5.75 Å². The number of imide groups is 1. The smallest absolute Gasteiger partial charge is 0.327 e. The molecule has 1 aromatic rings.